The summed E-state index contributed by atoms with van der Waals surface area (Å²) in [6.45, 7) is 3.02. The monoisotopic (exact) mass is 179 g/mol. The van der Waals surface area contributed by atoms with E-state index in [9.17, 15) is 4.79 Å². The fourth-order valence-corrected chi connectivity index (χ4v) is 0.957. The molecule has 0 atom stereocenters. The van der Waals surface area contributed by atoms with Crippen LogP contribution in [0.1, 0.15) is 25.5 Å². The number of aldehydes is 1. The number of hydrogen-bond donors (Lipinski definition) is 0. The number of allylic oxidation sites excluding steroid dienone is 1. The maximum Gasteiger partial charge on any atom is 0.142 e. The normalized spacial score (nSPS) is 10.8. The van der Waals surface area contributed by atoms with E-state index < -0.39 is 0 Å². The van der Waals surface area contributed by atoms with Crippen molar-refractivity contribution >= 4 is 12.4 Å². The zero-order chi connectivity index (χ0) is 9.52. The number of aromatic nitrogens is 3. The minimum absolute atomic E-state index is 0.725. The smallest absolute Gasteiger partial charge is 0.142 e. The number of nitrogens with zero attached hydrogens (tertiary/aromatic N) is 3. The Hall–Kier alpha value is -1.45. The number of carbonyl (C=O) groups excluding carboxylic acids is 1. The maximum absolute atomic E-state index is 10.0. The van der Waals surface area contributed by atoms with Gasteiger partial charge in [-0.05, 0) is 18.6 Å². The van der Waals surface area contributed by atoms with Gasteiger partial charge in [0.15, 0.2) is 0 Å². The number of carbonyl (C=O) groups is 1. The summed E-state index contributed by atoms with van der Waals surface area (Å²) >= 11 is 0. The summed E-state index contributed by atoms with van der Waals surface area (Å²) in [6, 6.07) is 0. The van der Waals surface area contributed by atoms with Crippen molar-refractivity contribution in [2.75, 3.05) is 0 Å². The first kappa shape index (κ1) is 9.64. The molecular formula is C9H13N3O. The average molecular weight is 179 g/mol. The molecule has 0 unspecified atom stereocenters. The fraction of sp³-hybridized carbons (Fsp3) is 0.444. The van der Waals surface area contributed by atoms with Gasteiger partial charge in [-0.3, -0.25) is 9.48 Å². The highest BCUT2D eigenvalue weighted by atomic mass is 16.1. The predicted molar refractivity (Wildman–Crippen MR) is 50.0 cm³/mol. The Bertz CT molecular complexity index is 291. The molecule has 1 aromatic heterocycles. The van der Waals surface area contributed by atoms with Gasteiger partial charge < -0.3 is 0 Å². The van der Waals surface area contributed by atoms with Crippen LogP contribution in [0.2, 0.25) is 0 Å². The topological polar surface area (TPSA) is 47.8 Å². The Morgan fingerprint density at radius 3 is 3.15 bits per heavy atom. The summed E-state index contributed by atoms with van der Waals surface area (Å²) in [5.41, 5.74) is 0.725. The second-order valence-corrected chi connectivity index (χ2v) is 2.76. The minimum Gasteiger partial charge on any atom is -0.299 e. The van der Waals surface area contributed by atoms with Gasteiger partial charge in [-0.2, -0.15) is 0 Å². The largest absolute Gasteiger partial charge is 0.299 e. The average Bonchev–Trinajstić information content (AvgIpc) is 2.59. The lowest BCUT2D eigenvalue weighted by atomic mass is 10.3. The number of hydrogen-bond acceptors (Lipinski definition) is 3. The molecule has 13 heavy (non-hydrogen) atoms. The van der Waals surface area contributed by atoms with Gasteiger partial charge in [-0.15, -0.1) is 5.10 Å². The quantitative estimate of drug-likeness (QED) is 0.505. The first-order valence-corrected chi connectivity index (χ1v) is 4.38. The highest BCUT2D eigenvalue weighted by molar-refractivity contribution is 5.72. The first-order chi connectivity index (χ1) is 6.36. The summed E-state index contributed by atoms with van der Waals surface area (Å²) in [5, 5.41) is 7.78. The minimum atomic E-state index is 0.725. The van der Waals surface area contributed by atoms with Gasteiger partial charge in [0.1, 0.15) is 12.0 Å². The van der Waals surface area contributed by atoms with Crippen molar-refractivity contribution in [3.63, 3.8) is 0 Å². The Labute approximate surface area is 77.3 Å². The molecule has 0 fully saturated rings. The van der Waals surface area contributed by atoms with Crippen LogP contribution in [-0.4, -0.2) is 21.3 Å². The summed E-state index contributed by atoms with van der Waals surface area (Å²) in [4.78, 5) is 10.0. The van der Waals surface area contributed by atoms with Gasteiger partial charge in [-0.1, -0.05) is 18.6 Å². The summed E-state index contributed by atoms with van der Waals surface area (Å²) in [7, 11) is 0. The number of aryl methyl sites for hydroxylation is 1. The van der Waals surface area contributed by atoms with Gasteiger partial charge in [0.05, 0.1) is 6.20 Å². The molecule has 1 rings (SSSR count). The molecule has 0 aliphatic rings. The Balaban J connectivity index is 2.53. The van der Waals surface area contributed by atoms with Gasteiger partial charge in [0.2, 0.25) is 0 Å². The van der Waals surface area contributed by atoms with Crippen LogP contribution < -0.4 is 0 Å². The lowest BCUT2D eigenvalue weighted by Crippen LogP contribution is -1.97. The van der Waals surface area contributed by atoms with Crippen LogP contribution in [0.25, 0.3) is 6.08 Å². The van der Waals surface area contributed by atoms with Crippen LogP contribution in [-0.2, 0) is 11.3 Å². The van der Waals surface area contributed by atoms with E-state index in [1.165, 1.54) is 6.08 Å². The molecule has 1 heterocycles. The van der Waals surface area contributed by atoms with Crippen molar-refractivity contribution in [2.45, 2.75) is 26.3 Å². The third kappa shape index (κ3) is 3.19. The molecule has 0 aromatic carbocycles. The highest BCUT2D eigenvalue weighted by Gasteiger charge is 1.95. The van der Waals surface area contributed by atoms with Crippen molar-refractivity contribution in [3.8, 4) is 0 Å². The van der Waals surface area contributed by atoms with E-state index in [1.807, 2.05) is 6.20 Å². The fourth-order valence-electron chi connectivity index (χ4n) is 0.957. The molecule has 1 aromatic rings. The number of unbranched alkanes of at least 4 members (excludes halogenated alkanes) is 1. The Kier molecular flexibility index (Phi) is 3.88. The molecule has 0 spiro atoms. The second-order valence-electron chi connectivity index (χ2n) is 2.76. The first-order valence-electron chi connectivity index (χ1n) is 4.38. The molecule has 0 radical (unpaired) electrons. The Morgan fingerprint density at radius 1 is 1.62 bits per heavy atom. The van der Waals surface area contributed by atoms with E-state index in [1.54, 1.807) is 10.8 Å². The van der Waals surface area contributed by atoms with Crippen LogP contribution in [0, 0.1) is 0 Å². The molecule has 0 aliphatic heterocycles. The predicted octanol–water partition coefficient (Wildman–Crippen LogP) is 1.29. The zero-order valence-electron chi connectivity index (χ0n) is 7.68. The van der Waals surface area contributed by atoms with E-state index in [0.29, 0.717) is 0 Å². The molecular weight excluding hydrogens is 166 g/mol. The van der Waals surface area contributed by atoms with Gasteiger partial charge >= 0.3 is 0 Å². The third-order valence-corrected chi connectivity index (χ3v) is 1.64. The third-order valence-electron chi connectivity index (χ3n) is 1.64. The van der Waals surface area contributed by atoms with Gasteiger partial charge in [0.25, 0.3) is 0 Å². The Morgan fingerprint density at radius 2 is 2.46 bits per heavy atom. The van der Waals surface area contributed by atoms with Crippen LogP contribution in [0.15, 0.2) is 12.3 Å². The zero-order valence-corrected chi connectivity index (χ0v) is 7.68. The van der Waals surface area contributed by atoms with Crippen molar-refractivity contribution < 1.29 is 4.79 Å². The summed E-state index contributed by atoms with van der Waals surface area (Å²) < 4.78 is 1.79. The van der Waals surface area contributed by atoms with Crippen molar-refractivity contribution in [1.29, 1.82) is 0 Å². The van der Waals surface area contributed by atoms with Crippen molar-refractivity contribution in [3.05, 3.63) is 18.0 Å². The number of rotatable bonds is 5. The molecule has 0 N–H and O–H groups in total. The van der Waals surface area contributed by atoms with Crippen molar-refractivity contribution in [2.24, 2.45) is 0 Å². The molecule has 0 bridgehead atoms. The molecule has 0 saturated heterocycles. The van der Waals surface area contributed by atoms with Crippen LogP contribution >= 0.6 is 0 Å². The molecule has 0 saturated carbocycles. The van der Waals surface area contributed by atoms with Crippen molar-refractivity contribution in [1.82, 2.24) is 15.0 Å². The molecule has 0 aliphatic carbocycles. The lowest BCUT2D eigenvalue weighted by molar-refractivity contribution is -0.104. The van der Waals surface area contributed by atoms with E-state index >= 15 is 0 Å². The van der Waals surface area contributed by atoms with E-state index in [0.717, 1.165) is 31.4 Å². The van der Waals surface area contributed by atoms with Gasteiger partial charge in [0, 0.05) is 6.54 Å². The molecule has 0 amide bonds. The summed E-state index contributed by atoms with van der Waals surface area (Å²) in [6.07, 6.45) is 7.84. The standard InChI is InChI=1S/C9H13N3O/c1-2-3-6-12-8-9(10-11-12)5-4-7-13/h4-5,7-8H,2-3,6H2,1H3/b5-4+. The van der Waals surface area contributed by atoms with Crippen LogP contribution in [0.3, 0.4) is 0 Å². The second kappa shape index (κ2) is 5.24. The van der Waals surface area contributed by atoms with Gasteiger partial charge in [-0.25, -0.2) is 0 Å². The maximum atomic E-state index is 10.0. The molecule has 70 valence electrons. The summed E-state index contributed by atoms with van der Waals surface area (Å²) in [5.74, 6) is 0. The SMILES string of the molecule is CCCCn1cc(/C=C/C=O)nn1. The lowest BCUT2D eigenvalue weighted by Gasteiger charge is -1.94. The highest BCUT2D eigenvalue weighted by Crippen LogP contribution is 1.97. The molecule has 4 heteroatoms. The van der Waals surface area contributed by atoms with Crippen LogP contribution in [0.5, 0.6) is 0 Å². The van der Waals surface area contributed by atoms with Crippen LogP contribution in [0.4, 0.5) is 0 Å². The molecule has 4 nitrogen and oxygen atoms in total. The van der Waals surface area contributed by atoms with E-state index in [2.05, 4.69) is 17.2 Å². The van der Waals surface area contributed by atoms with E-state index in [4.69, 9.17) is 0 Å². The van der Waals surface area contributed by atoms with E-state index in [-0.39, 0.29) is 0 Å².